The molecule has 1 N–H and O–H groups in total. The van der Waals surface area contributed by atoms with Gasteiger partial charge in [-0.25, -0.2) is 5.43 Å². The fourth-order valence-electron chi connectivity index (χ4n) is 1.82. The highest BCUT2D eigenvalue weighted by Crippen LogP contribution is 2.23. The number of benzene rings is 2. The zero-order chi connectivity index (χ0) is 17.4. The summed E-state index contributed by atoms with van der Waals surface area (Å²) in [6.07, 6.45) is 1.46. The smallest absolute Gasteiger partial charge is 0.277 e. The Morgan fingerprint density at radius 2 is 1.96 bits per heavy atom. The van der Waals surface area contributed by atoms with Crippen LogP contribution >= 0.6 is 23.2 Å². The Morgan fingerprint density at radius 1 is 1.17 bits per heavy atom. The van der Waals surface area contributed by atoms with Crippen molar-refractivity contribution in [3.8, 4) is 11.5 Å². The van der Waals surface area contributed by atoms with E-state index >= 15 is 0 Å². The molecule has 0 aliphatic rings. The highest BCUT2D eigenvalue weighted by molar-refractivity contribution is 6.32. The summed E-state index contributed by atoms with van der Waals surface area (Å²) in [5.41, 5.74) is 3.04. The summed E-state index contributed by atoms with van der Waals surface area (Å²) in [5, 5.41) is 4.87. The number of nitrogens with zero attached hydrogens (tertiary/aromatic N) is 1. The minimum Gasteiger partial charge on any atom is -0.493 e. The molecule has 2 rings (SSSR count). The second kappa shape index (κ2) is 9.15. The first-order chi connectivity index (χ1) is 11.6. The molecule has 126 valence electrons. The van der Waals surface area contributed by atoms with E-state index in [-0.39, 0.29) is 6.61 Å². The van der Waals surface area contributed by atoms with Gasteiger partial charge in [-0.3, -0.25) is 4.79 Å². The lowest BCUT2D eigenvalue weighted by Crippen LogP contribution is -2.24. The van der Waals surface area contributed by atoms with Crippen molar-refractivity contribution in [3.05, 3.63) is 58.1 Å². The van der Waals surface area contributed by atoms with E-state index in [9.17, 15) is 4.79 Å². The maximum absolute atomic E-state index is 11.7. The average molecular weight is 367 g/mol. The molecule has 0 unspecified atom stereocenters. The number of halogens is 2. The summed E-state index contributed by atoms with van der Waals surface area (Å²) >= 11 is 11.9. The Kier molecular flexibility index (Phi) is 6.90. The van der Waals surface area contributed by atoms with Gasteiger partial charge in [-0.15, -0.1) is 0 Å². The molecule has 2 aromatic rings. The summed E-state index contributed by atoms with van der Waals surface area (Å²) < 4.78 is 10.8. The fourth-order valence-corrected chi connectivity index (χ4v) is 2.19. The van der Waals surface area contributed by atoms with E-state index < -0.39 is 5.91 Å². The minimum absolute atomic E-state index is 0.199. The van der Waals surface area contributed by atoms with Crippen LogP contribution < -0.4 is 14.9 Å². The lowest BCUT2D eigenvalue weighted by atomic mass is 10.2. The summed E-state index contributed by atoms with van der Waals surface area (Å²) in [4.78, 5) is 11.7. The van der Waals surface area contributed by atoms with Crippen LogP contribution in [-0.2, 0) is 4.79 Å². The van der Waals surface area contributed by atoms with Crippen molar-refractivity contribution >= 4 is 35.3 Å². The Morgan fingerprint density at radius 3 is 2.71 bits per heavy atom. The average Bonchev–Trinajstić information content (AvgIpc) is 2.56. The van der Waals surface area contributed by atoms with Gasteiger partial charge in [-0.05, 0) is 37.3 Å². The number of nitrogens with one attached hydrogen (secondary N) is 1. The molecule has 1 amide bonds. The normalized spacial score (nSPS) is 10.6. The predicted octanol–water partition coefficient (Wildman–Crippen LogP) is 3.92. The van der Waals surface area contributed by atoms with Crippen molar-refractivity contribution in [1.29, 1.82) is 0 Å². The van der Waals surface area contributed by atoms with Crippen LogP contribution in [0, 0.1) is 0 Å². The molecule has 0 aliphatic heterocycles. The van der Waals surface area contributed by atoms with Crippen LogP contribution in [-0.4, -0.2) is 25.3 Å². The maximum Gasteiger partial charge on any atom is 0.277 e. The molecule has 5 nitrogen and oxygen atoms in total. The van der Waals surface area contributed by atoms with Gasteiger partial charge in [0, 0.05) is 10.6 Å². The van der Waals surface area contributed by atoms with Crippen molar-refractivity contribution < 1.29 is 14.3 Å². The Bertz CT molecular complexity index is 736. The lowest BCUT2D eigenvalue weighted by Gasteiger charge is -2.07. The first-order valence-corrected chi connectivity index (χ1v) is 7.97. The third kappa shape index (κ3) is 5.44. The number of hydrogen-bond acceptors (Lipinski definition) is 4. The zero-order valence-electron chi connectivity index (χ0n) is 13.0. The number of ether oxygens (including phenoxy) is 2. The molecule has 24 heavy (non-hydrogen) atoms. The molecule has 0 spiro atoms. The van der Waals surface area contributed by atoms with Crippen molar-refractivity contribution in [1.82, 2.24) is 5.43 Å². The maximum atomic E-state index is 11.7. The van der Waals surface area contributed by atoms with E-state index in [1.807, 2.05) is 6.92 Å². The van der Waals surface area contributed by atoms with Crippen LogP contribution in [0.15, 0.2) is 47.6 Å². The molecule has 0 radical (unpaired) electrons. The van der Waals surface area contributed by atoms with Gasteiger partial charge in [0.15, 0.2) is 6.61 Å². The fraction of sp³-hybridized carbons (Fsp3) is 0.176. The highest BCUT2D eigenvalue weighted by atomic mass is 35.5. The highest BCUT2D eigenvalue weighted by Gasteiger charge is 2.05. The SMILES string of the molecule is CCOc1ccc(Cl)cc1/C=N\NC(=O)COc1ccccc1Cl. The van der Waals surface area contributed by atoms with Gasteiger partial charge in [-0.2, -0.15) is 5.10 Å². The molecule has 0 aromatic heterocycles. The van der Waals surface area contributed by atoms with Crippen LogP contribution in [0.25, 0.3) is 0 Å². The number of carbonyl (C=O) groups is 1. The quantitative estimate of drug-likeness (QED) is 0.596. The van der Waals surface area contributed by atoms with Gasteiger partial charge in [0.1, 0.15) is 11.5 Å². The Hall–Kier alpha value is -2.24. The van der Waals surface area contributed by atoms with Crippen LogP contribution in [0.2, 0.25) is 10.0 Å². The van der Waals surface area contributed by atoms with E-state index in [0.717, 1.165) is 0 Å². The molecular formula is C17H16Cl2N2O3. The van der Waals surface area contributed by atoms with Crippen molar-refractivity contribution in [2.45, 2.75) is 6.92 Å². The van der Waals surface area contributed by atoms with E-state index in [0.29, 0.717) is 33.7 Å². The van der Waals surface area contributed by atoms with Crippen molar-refractivity contribution in [2.75, 3.05) is 13.2 Å². The van der Waals surface area contributed by atoms with Gasteiger partial charge in [0.05, 0.1) is 17.8 Å². The van der Waals surface area contributed by atoms with Gasteiger partial charge in [-0.1, -0.05) is 35.3 Å². The predicted molar refractivity (Wildman–Crippen MR) is 95.3 cm³/mol. The van der Waals surface area contributed by atoms with Gasteiger partial charge in [0.25, 0.3) is 5.91 Å². The second-order valence-corrected chi connectivity index (χ2v) is 5.47. The first kappa shape index (κ1) is 18.1. The van der Waals surface area contributed by atoms with Gasteiger partial charge >= 0.3 is 0 Å². The molecule has 0 aliphatic carbocycles. The number of carbonyl (C=O) groups excluding carboxylic acids is 1. The molecular weight excluding hydrogens is 351 g/mol. The number of hydrazone groups is 1. The van der Waals surface area contributed by atoms with E-state index in [1.54, 1.807) is 42.5 Å². The molecule has 0 saturated carbocycles. The van der Waals surface area contributed by atoms with E-state index in [1.165, 1.54) is 6.21 Å². The number of para-hydroxylation sites is 1. The van der Waals surface area contributed by atoms with E-state index in [2.05, 4.69) is 10.5 Å². The summed E-state index contributed by atoms with van der Waals surface area (Å²) in [6, 6.07) is 12.1. The molecule has 0 bridgehead atoms. The Balaban J connectivity index is 1.90. The summed E-state index contributed by atoms with van der Waals surface area (Å²) in [5.74, 6) is 0.658. The first-order valence-electron chi connectivity index (χ1n) is 7.21. The lowest BCUT2D eigenvalue weighted by molar-refractivity contribution is -0.123. The van der Waals surface area contributed by atoms with Crippen LogP contribution in [0.1, 0.15) is 12.5 Å². The molecule has 7 heteroatoms. The summed E-state index contributed by atoms with van der Waals surface area (Å²) in [7, 11) is 0. The summed E-state index contributed by atoms with van der Waals surface area (Å²) in [6.45, 7) is 2.19. The van der Waals surface area contributed by atoms with Gasteiger partial charge < -0.3 is 9.47 Å². The van der Waals surface area contributed by atoms with Crippen molar-refractivity contribution in [2.24, 2.45) is 5.10 Å². The third-order valence-electron chi connectivity index (χ3n) is 2.86. The number of amides is 1. The Labute approximate surface area is 150 Å². The zero-order valence-corrected chi connectivity index (χ0v) is 14.5. The van der Waals surface area contributed by atoms with Gasteiger partial charge in [0.2, 0.25) is 0 Å². The molecule has 0 fully saturated rings. The van der Waals surface area contributed by atoms with Crippen LogP contribution in [0.5, 0.6) is 11.5 Å². The van der Waals surface area contributed by atoms with Crippen LogP contribution in [0.4, 0.5) is 0 Å². The monoisotopic (exact) mass is 366 g/mol. The molecule has 0 heterocycles. The molecule has 2 aromatic carbocycles. The van der Waals surface area contributed by atoms with Crippen molar-refractivity contribution in [3.63, 3.8) is 0 Å². The molecule has 0 saturated heterocycles. The van der Waals surface area contributed by atoms with Crippen LogP contribution in [0.3, 0.4) is 0 Å². The minimum atomic E-state index is -0.411. The second-order valence-electron chi connectivity index (χ2n) is 4.63. The molecule has 0 atom stereocenters. The third-order valence-corrected chi connectivity index (χ3v) is 3.41. The number of hydrogen-bond donors (Lipinski definition) is 1. The largest absolute Gasteiger partial charge is 0.493 e. The topological polar surface area (TPSA) is 59.9 Å². The standard InChI is InChI=1S/C17H16Cl2N2O3/c1-2-23-15-8-7-13(18)9-12(15)10-20-21-17(22)11-24-16-6-4-3-5-14(16)19/h3-10H,2,11H2,1H3,(H,21,22)/b20-10-. The van der Waals surface area contributed by atoms with E-state index in [4.69, 9.17) is 32.7 Å². The number of rotatable bonds is 7.